The minimum atomic E-state index is -0.550. The Kier molecular flexibility index (Phi) is 7.88. The smallest absolute Gasteiger partial charge is 0.253 e. The predicted molar refractivity (Wildman–Crippen MR) is 175 cm³/mol. The fourth-order valence-electron chi connectivity index (χ4n) is 5.80. The summed E-state index contributed by atoms with van der Waals surface area (Å²) < 4.78 is 0. The van der Waals surface area contributed by atoms with Gasteiger partial charge in [0.15, 0.2) is 0 Å². The molecule has 0 spiro atoms. The number of nitrogens with one attached hydrogen (secondary N) is 2. The van der Waals surface area contributed by atoms with Crippen molar-refractivity contribution < 1.29 is 9.59 Å². The highest BCUT2D eigenvalue weighted by atomic mass is 16.2. The lowest BCUT2D eigenvalue weighted by Gasteiger charge is -2.31. The zero-order chi connectivity index (χ0) is 31.0. The fourth-order valence-corrected chi connectivity index (χ4v) is 5.80. The first-order valence-corrected chi connectivity index (χ1v) is 15.0. The summed E-state index contributed by atoms with van der Waals surface area (Å²) in [4.78, 5) is 46.4. The third-order valence-electron chi connectivity index (χ3n) is 8.32. The Morgan fingerprint density at radius 3 is 1.34 bits per heavy atom. The number of hydrogen-bond donors (Lipinski definition) is 3. The van der Waals surface area contributed by atoms with Crippen molar-refractivity contribution in [1.82, 2.24) is 30.6 Å². The SMILES string of the molecule is CCC(NC(=O)c1cccc2nc3cccc(C)c3nc12)C(N)C(CC)NC(=O)c1cccc2nc3cccc(C)c3nc12. The van der Waals surface area contributed by atoms with E-state index in [1.54, 1.807) is 24.3 Å². The predicted octanol–water partition coefficient (Wildman–Crippen LogP) is 5.54. The highest BCUT2D eigenvalue weighted by molar-refractivity contribution is 6.07. The molecule has 4 aromatic carbocycles. The van der Waals surface area contributed by atoms with E-state index in [0.717, 1.165) is 33.2 Å². The lowest BCUT2D eigenvalue weighted by Crippen LogP contribution is -2.58. The van der Waals surface area contributed by atoms with E-state index in [1.165, 1.54) is 0 Å². The number of hydrogen-bond acceptors (Lipinski definition) is 7. The molecular formula is C35H35N7O2. The topological polar surface area (TPSA) is 136 Å². The Balaban J connectivity index is 1.25. The summed E-state index contributed by atoms with van der Waals surface area (Å²) in [5.74, 6) is -0.569. The van der Waals surface area contributed by atoms with E-state index >= 15 is 0 Å². The summed E-state index contributed by atoms with van der Waals surface area (Å²) in [6, 6.07) is 21.1. The molecular weight excluding hydrogens is 550 g/mol. The summed E-state index contributed by atoms with van der Waals surface area (Å²) >= 11 is 0. The van der Waals surface area contributed by atoms with E-state index < -0.39 is 18.1 Å². The molecule has 6 aromatic rings. The van der Waals surface area contributed by atoms with Crippen LogP contribution < -0.4 is 16.4 Å². The van der Waals surface area contributed by atoms with Crippen LogP contribution in [0.15, 0.2) is 72.8 Å². The first-order valence-electron chi connectivity index (χ1n) is 15.0. The van der Waals surface area contributed by atoms with Gasteiger partial charge in [0.2, 0.25) is 0 Å². The molecule has 222 valence electrons. The van der Waals surface area contributed by atoms with Gasteiger partial charge in [-0.3, -0.25) is 9.59 Å². The number of amides is 2. The van der Waals surface area contributed by atoms with E-state index in [2.05, 4.69) is 10.6 Å². The molecule has 0 aliphatic heterocycles. The molecule has 2 unspecified atom stereocenters. The second kappa shape index (κ2) is 11.9. The van der Waals surface area contributed by atoms with Crippen molar-refractivity contribution in [3.63, 3.8) is 0 Å². The molecule has 4 N–H and O–H groups in total. The molecule has 2 atom stereocenters. The lowest BCUT2D eigenvalue weighted by molar-refractivity contribution is 0.0909. The summed E-state index contributed by atoms with van der Waals surface area (Å²) in [5.41, 5.74) is 15.1. The van der Waals surface area contributed by atoms with Crippen LogP contribution in [0, 0.1) is 13.8 Å². The van der Waals surface area contributed by atoms with Gasteiger partial charge in [0, 0.05) is 18.1 Å². The van der Waals surface area contributed by atoms with Crippen molar-refractivity contribution in [2.45, 2.75) is 58.7 Å². The van der Waals surface area contributed by atoms with Gasteiger partial charge in [-0.05, 0) is 74.2 Å². The Bertz CT molecular complexity index is 1910. The van der Waals surface area contributed by atoms with Gasteiger partial charge in [-0.1, -0.05) is 50.2 Å². The van der Waals surface area contributed by atoms with Crippen molar-refractivity contribution in [3.8, 4) is 0 Å². The average Bonchev–Trinajstić information content (AvgIpc) is 3.03. The third-order valence-corrected chi connectivity index (χ3v) is 8.32. The Morgan fingerprint density at radius 1 is 0.591 bits per heavy atom. The van der Waals surface area contributed by atoms with E-state index in [-0.39, 0.29) is 11.8 Å². The summed E-state index contributed by atoms with van der Waals surface area (Å²) in [7, 11) is 0. The largest absolute Gasteiger partial charge is 0.348 e. The van der Waals surface area contributed by atoms with Crippen LogP contribution >= 0.6 is 0 Å². The number of nitrogens with two attached hydrogens (primary N) is 1. The van der Waals surface area contributed by atoms with Crippen LogP contribution in [0.5, 0.6) is 0 Å². The lowest BCUT2D eigenvalue weighted by atomic mass is 9.95. The Labute approximate surface area is 255 Å². The summed E-state index contributed by atoms with van der Waals surface area (Å²) in [6.45, 7) is 7.88. The number of fused-ring (bicyclic) bond motifs is 4. The molecule has 0 radical (unpaired) electrons. The van der Waals surface area contributed by atoms with Crippen LogP contribution in [-0.4, -0.2) is 49.9 Å². The average molecular weight is 586 g/mol. The molecule has 0 saturated carbocycles. The minimum absolute atomic E-state index is 0.284. The highest BCUT2D eigenvalue weighted by Gasteiger charge is 2.28. The van der Waals surface area contributed by atoms with Crippen LogP contribution in [0.25, 0.3) is 44.1 Å². The number of aryl methyl sites for hydroxylation is 2. The van der Waals surface area contributed by atoms with Crippen molar-refractivity contribution >= 4 is 55.9 Å². The van der Waals surface area contributed by atoms with Gasteiger partial charge in [-0.2, -0.15) is 0 Å². The van der Waals surface area contributed by atoms with E-state index in [0.29, 0.717) is 46.0 Å². The molecule has 2 aromatic heterocycles. The van der Waals surface area contributed by atoms with Crippen LogP contribution in [0.4, 0.5) is 0 Å². The number of benzene rings is 4. The van der Waals surface area contributed by atoms with Crippen molar-refractivity contribution in [2.75, 3.05) is 0 Å². The Hall–Kier alpha value is -5.02. The number of para-hydroxylation sites is 4. The van der Waals surface area contributed by atoms with Gasteiger partial charge >= 0.3 is 0 Å². The van der Waals surface area contributed by atoms with E-state index in [9.17, 15) is 9.59 Å². The second-order valence-corrected chi connectivity index (χ2v) is 11.2. The Morgan fingerprint density at radius 2 is 0.955 bits per heavy atom. The number of rotatable bonds is 8. The maximum Gasteiger partial charge on any atom is 0.253 e. The van der Waals surface area contributed by atoms with Crippen LogP contribution in [-0.2, 0) is 0 Å². The van der Waals surface area contributed by atoms with Gasteiger partial charge in [0.05, 0.1) is 44.2 Å². The van der Waals surface area contributed by atoms with Gasteiger partial charge in [0.1, 0.15) is 11.0 Å². The first-order chi connectivity index (χ1) is 21.3. The van der Waals surface area contributed by atoms with Gasteiger partial charge < -0.3 is 16.4 Å². The van der Waals surface area contributed by atoms with Crippen molar-refractivity contribution in [1.29, 1.82) is 0 Å². The molecule has 0 bridgehead atoms. The fraction of sp³-hybridized carbons (Fsp3) is 0.257. The van der Waals surface area contributed by atoms with E-state index in [1.807, 2.05) is 76.2 Å². The standard InChI is InChI=1S/C35H35N7O2/c1-5-23(39-34(43)21-13-9-17-27-32(21)41-30-19(3)11-7-15-25(30)37-27)29(36)24(6-2)40-35(44)22-14-10-18-28-33(22)42-31-20(4)12-8-16-26(31)38-28/h7-18,23-24,29H,5-6,36H2,1-4H3,(H,39,43)(H,40,44). The molecule has 9 heteroatoms. The zero-order valence-electron chi connectivity index (χ0n) is 25.3. The van der Waals surface area contributed by atoms with Crippen LogP contribution in [0.2, 0.25) is 0 Å². The van der Waals surface area contributed by atoms with Crippen molar-refractivity contribution in [3.05, 3.63) is 95.1 Å². The zero-order valence-corrected chi connectivity index (χ0v) is 25.3. The monoisotopic (exact) mass is 585 g/mol. The molecule has 0 saturated heterocycles. The molecule has 44 heavy (non-hydrogen) atoms. The van der Waals surface area contributed by atoms with Crippen LogP contribution in [0.3, 0.4) is 0 Å². The molecule has 0 fully saturated rings. The number of carbonyl (C=O) groups excluding carboxylic acids is 2. The van der Waals surface area contributed by atoms with Crippen LogP contribution in [0.1, 0.15) is 58.5 Å². The molecule has 6 rings (SSSR count). The maximum atomic E-state index is 13.7. The number of aromatic nitrogens is 4. The first kappa shape index (κ1) is 29.1. The molecule has 0 aliphatic rings. The second-order valence-electron chi connectivity index (χ2n) is 11.2. The molecule has 9 nitrogen and oxygen atoms in total. The number of carbonyl (C=O) groups is 2. The van der Waals surface area contributed by atoms with E-state index in [4.69, 9.17) is 25.7 Å². The highest BCUT2D eigenvalue weighted by Crippen LogP contribution is 2.24. The van der Waals surface area contributed by atoms with Gasteiger partial charge in [-0.15, -0.1) is 0 Å². The summed E-state index contributed by atoms with van der Waals surface area (Å²) in [6.07, 6.45) is 1.14. The third kappa shape index (κ3) is 5.31. The quantitative estimate of drug-likeness (QED) is 0.200. The molecule has 2 heterocycles. The summed E-state index contributed by atoms with van der Waals surface area (Å²) in [5, 5.41) is 6.23. The molecule has 0 aliphatic carbocycles. The van der Waals surface area contributed by atoms with Gasteiger partial charge in [0.25, 0.3) is 11.8 Å². The minimum Gasteiger partial charge on any atom is -0.348 e. The van der Waals surface area contributed by atoms with Crippen molar-refractivity contribution in [2.24, 2.45) is 5.73 Å². The molecule has 2 amide bonds. The van der Waals surface area contributed by atoms with Gasteiger partial charge in [-0.25, -0.2) is 19.9 Å². The normalized spacial score (nSPS) is 13.7. The number of nitrogens with zero attached hydrogens (tertiary/aromatic N) is 4. The maximum absolute atomic E-state index is 13.7.